The number of imidazole rings is 1. The minimum absolute atomic E-state index is 0.0329. The summed E-state index contributed by atoms with van der Waals surface area (Å²) < 4.78 is 32.5. The quantitative estimate of drug-likeness (QED) is 0.350. The van der Waals surface area contributed by atoms with Crippen LogP contribution in [0.25, 0.3) is 33.3 Å². The summed E-state index contributed by atoms with van der Waals surface area (Å²) >= 11 is 0. The first kappa shape index (κ1) is 22.0. The fourth-order valence-corrected chi connectivity index (χ4v) is 4.56. The minimum atomic E-state index is -0.795. The van der Waals surface area contributed by atoms with E-state index in [1.807, 2.05) is 6.92 Å². The van der Waals surface area contributed by atoms with Crippen molar-refractivity contribution in [2.45, 2.75) is 26.4 Å². The number of nitrogens with one attached hydrogen (secondary N) is 2. The third-order valence-corrected chi connectivity index (χ3v) is 6.19. The van der Waals surface area contributed by atoms with E-state index in [4.69, 9.17) is 0 Å². The number of aromatic nitrogens is 3. The van der Waals surface area contributed by atoms with E-state index in [2.05, 4.69) is 15.3 Å². The van der Waals surface area contributed by atoms with E-state index in [0.29, 0.717) is 37.2 Å². The van der Waals surface area contributed by atoms with Crippen molar-refractivity contribution in [2.75, 3.05) is 24.5 Å². The summed E-state index contributed by atoms with van der Waals surface area (Å²) in [4.78, 5) is 32.9. The Morgan fingerprint density at radius 3 is 2.79 bits per heavy atom. The summed E-state index contributed by atoms with van der Waals surface area (Å²) in [6.45, 7) is 5.56. The van der Waals surface area contributed by atoms with Crippen LogP contribution in [-0.2, 0) is 6.54 Å². The molecule has 0 radical (unpaired) electrons. The molecule has 1 aliphatic heterocycles. The van der Waals surface area contributed by atoms with Crippen molar-refractivity contribution in [3.63, 3.8) is 0 Å². The zero-order chi connectivity index (χ0) is 24.1. The van der Waals surface area contributed by atoms with Gasteiger partial charge < -0.3 is 19.8 Å². The maximum atomic E-state index is 15.7. The molecule has 3 heterocycles. The summed E-state index contributed by atoms with van der Waals surface area (Å²) in [6, 6.07) is 5.29. The van der Waals surface area contributed by atoms with Crippen molar-refractivity contribution in [2.24, 2.45) is 0 Å². The van der Waals surface area contributed by atoms with Gasteiger partial charge >= 0.3 is 0 Å². The zero-order valence-corrected chi connectivity index (χ0v) is 18.6. The smallest absolute Gasteiger partial charge is 0.271 e. The van der Waals surface area contributed by atoms with Crippen LogP contribution in [0.4, 0.5) is 20.2 Å². The minimum Gasteiger partial charge on any atom is -0.364 e. The number of benzene rings is 2. The van der Waals surface area contributed by atoms with Crippen LogP contribution in [0.2, 0.25) is 0 Å². The Bertz CT molecular complexity index is 1510. The van der Waals surface area contributed by atoms with E-state index < -0.39 is 22.0 Å². The second kappa shape index (κ2) is 8.17. The SMILES string of the molecule is CCn1cc(-c2nc3ccc([N+](=O)[O-])cc3[nH]2)c(=O)c2cc(F)c(N3CCNC(C)C3)c(F)c21. The Kier molecular flexibility index (Phi) is 5.28. The van der Waals surface area contributed by atoms with Gasteiger partial charge in [-0.2, -0.15) is 0 Å². The number of pyridine rings is 1. The number of rotatable bonds is 4. The third kappa shape index (κ3) is 3.48. The lowest BCUT2D eigenvalue weighted by molar-refractivity contribution is -0.384. The van der Waals surface area contributed by atoms with Gasteiger partial charge in [-0.25, -0.2) is 13.8 Å². The molecule has 11 heteroatoms. The number of nitrogens with zero attached hydrogens (tertiary/aromatic N) is 4. The highest BCUT2D eigenvalue weighted by Gasteiger charge is 2.27. The average molecular weight is 468 g/mol. The lowest BCUT2D eigenvalue weighted by Crippen LogP contribution is -2.49. The van der Waals surface area contributed by atoms with Gasteiger partial charge in [-0.1, -0.05) is 0 Å². The summed E-state index contributed by atoms with van der Waals surface area (Å²) in [6.07, 6.45) is 1.49. The molecule has 0 spiro atoms. The number of hydrogen-bond acceptors (Lipinski definition) is 6. The maximum absolute atomic E-state index is 15.7. The molecule has 0 saturated carbocycles. The number of H-pyrrole nitrogens is 1. The van der Waals surface area contributed by atoms with E-state index >= 15 is 8.78 Å². The van der Waals surface area contributed by atoms with Crippen molar-refractivity contribution < 1.29 is 13.7 Å². The molecule has 0 aliphatic carbocycles. The van der Waals surface area contributed by atoms with Gasteiger partial charge in [0.25, 0.3) is 5.69 Å². The largest absolute Gasteiger partial charge is 0.364 e. The summed E-state index contributed by atoms with van der Waals surface area (Å²) in [5.41, 5.74) is 0.140. The number of fused-ring (bicyclic) bond motifs is 2. The summed E-state index contributed by atoms with van der Waals surface area (Å²) in [7, 11) is 0. The van der Waals surface area contributed by atoms with Gasteiger partial charge in [-0.15, -0.1) is 0 Å². The molecule has 176 valence electrons. The predicted molar refractivity (Wildman–Crippen MR) is 125 cm³/mol. The van der Waals surface area contributed by atoms with Crippen molar-refractivity contribution in [3.8, 4) is 11.4 Å². The molecule has 1 aliphatic rings. The number of nitro groups is 1. The standard InChI is InChI=1S/C23H22F2N6O3/c1-3-29-11-15(23-27-17-5-4-13(31(33)34)8-18(17)28-23)22(32)14-9-16(24)21(19(25)20(14)29)30-7-6-26-12(2)10-30/h4-5,8-9,11-12,26H,3,6-7,10H2,1-2H3,(H,27,28). The topological polar surface area (TPSA) is 109 Å². The molecular formula is C23H22F2N6O3. The van der Waals surface area contributed by atoms with Crippen LogP contribution in [-0.4, -0.2) is 45.1 Å². The molecule has 4 aromatic rings. The van der Waals surface area contributed by atoms with Crippen LogP contribution in [0.15, 0.2) is 35.3 Å². The van der Waals surface area contributed by atoms with Gasteiger partial charge in [-0.05, 0) is 26.0 Å². The van der Waals surface area contributed by atoms with Crippen molar-refractivity contribution in [1.29, 1.82) is 0 Å². The first-order valence-corrected chi connectivity index (χ1v) is 11.0. The van der Waals surface area contributed by atoms with E-state index in [1.165, 1.54) is 24.4 Å². The molecule has 9 nitrogen and oxygen atoms in total. The van der Waals surface area contributed by atoms with Crippen molar-refractivity contribution in [3.05, 3.63) is 62.4 Å². The van der Waals surface area contributed by atoms with Gasteiger partial charge in [0.1, 0.15) is 17.3 Å². The summed E-state index contributed by atoms with van der Waals surface area (Å²) in [5.74, 6) is -1.39. The summed E-state index contributed by atoms with van der Waals surface area (Å²) in [5, 5.41) is 14.2. The van der Waals surface area contributed by atoms with Crippen LogP contribution in [0.1, 0.15) is 13.8 Å². The van der Waals surface area contributed by atoms with Gasteiger partial charge in [0.05, 0.1) is 32.4 Å². The number of nitro benzene ring substituents is 1. The number of aryl methyl sites for hydroxylation is 1. The van der Waals surface area contributed by atoms with Crippen molar-refractivity contribution in [1.82, 2.24) is 19.9 Å². The Labute approximate surface area is 192 Å². The van der Waals surface area contributed by atoms with Crippen LogP contribution in [0, 0.1) is 21.7 Å². The lowest BCUT2D eigenvalue weighted by Gasteiger charge is -2.34. The van der Waals surface area contributed by atoms with E-state index in [-0.39, 0.29) is 39.7 Å². The highest BCUT2D eigenvalue weighted by molar-refractivity contribution is 5.88. The number of anilines is 1. The number of halogens is 2. The van der Waals surface area contributed by atoms with Gasteiger partial charge in [-0.3, -0.25) is 14.9 Å². The fraction of sp³-hybridized carbons (Fsp3) is 0.304. The molecule has 34 heavy (non-hydrogen) atoms. The van der Waals surface area contributed by atoms with Gasteiger partial charge in [0.15, 0.2) is 5.82 Å². The van der Waals surface area contributed by atoms with Gasteiger partial charge in [0, 0.05) is 50.6 Å². The molecule has 2 aromatic heterocycles. The second-order valence-electron chi connectivity index (χ2n) is 8.42. The molecule has 0 amide bonds. The highest BCUT2D eigenvalue weighted by atomic mass is 19.1. The van der Waals surface area contributed by atoms with Crippen LogP contribution in [0.5, 0.6) is 0 Å². The molecule has 1 saturated heterocycles. The predicted octanol–water partition coefficient (Wildman–Crippen LogP) is 3.55. The molecule has 1 unspecified atom stereocenters. The Hall–Kier alpha value is -3.86. The van der Waals surface area contributed by atoms with Crippen LogP contribution >= 0.6 is 0 Å². The van der Waals surface area contributed by atoms with Gasteiger partial charge in [0.2, 0.25) is 5.43 Å². The van der Waals surface area contributed by atoms with Crippen LogP contribution < -0.4 is 15.6 Å². The number of non-ortho nitro benzene ring substituents is 1. The van der Waals surface area contributed by atoms with E-state index in [1.54, 1.807) is 16.4 Å². The van der Waals surface area contributed by atoms with E-state index in [9.17, 15) is 14.9 Å². The highest BCUT2D eigenvalue weighted by Crippen LogP contribution is 2.32. The number of hydrogen-bond donors (Lipinski definition) is 2. The molecule has 1 fully saturated rings. The molecule has 2 aromatic carbocycles. The number of piperazine rings is 1. The third-order valence-electron chi connectivity index (χ3n) is 6.19. The van der Waals surface area contributed by atoms with Crippen molar-refractivity contribution >= 4 is 33.3 Å². The van der Waals surface area contributed by atoms with E-state index in [0.717, 1.165) is 6.07 Å². The molecule has 2 N–H and O–H groups in total. The molecular weight excluding hydrogens is 446 g/mol. The average Bonchev–Trinajstić information content (AvgIpc) is 3.23. The Morgan fingerprint density at radius 2 is 2.09 bits per heavy atom. The first-order chi connectivity index (χ1) is 16.3. The molecule has 1 atom stereocenters. The Balaban J connectivity index is 1.71. The zero-order valence-electron chi connectivity index (χ0n) is 18.6. The first-order valence-electron chi connectivity index (χ1n) is 11.0. The van der Waals surface area contributed by atoms with Crippen LogP contribution in [0.3, 0.4) is 0 Å². The monoisotopic (exact) mass is 468 g/mol. The number of aromatic amines is 1. The molecule has 5 rings (SSSR count). The normalized spacial score (nSPS) is 16.5. The Morgan fingerprint density at radius 1 is 1.29 bits per heavy atom. The second-order valence-corrected chi connectivity index (χ2v) is 8.42. The fourth-order valence-electron chi connectivity index (χ4n) is 4.56. The maximum Gasteiger partial charge on any atom is 0.271 e. The molecule has 0 bridgehead atoms. The lowest BCUT2D eigenvalue weighted by atomic mass is 10.1.